The van der Waals surface area contributed by atoms with Gasteiger partial charge < -0.3 is 25.1 Å². The molecule has 0 spiro atoms. The third kappa shape index (κ3) is 5.56. The van der Waals surface area contributed by atoms with Gasteiger partial charge in [-0.3, -0.25) is 0 Å². The van der Waals surface area contributed by atoms with E-state index in [1.54, 1.807) is 25.4 Å². The molecule has 2 atom stereocenters. The van der Waals surface area contributed by atoms with E-state index < -0.39 is 28.0 Å². The van der Waals surface area contributed by atoms with Crippen molar-refractivity contribution in [3.8, 4) is 16.3 Å². The second-order valence-corrected chi connectivity index (χ2v) is 11.0. The van der Waals surface area contributed by atoms with Gasteiger partial charge in [-0.1, -0.05) is 6.07 Å². The smallest absolute Gasteiger partial charge is 0.421 e. The van der Waals surface area contributed by atoms with E-state index in [2.05, 4.69) is 24.5 Å². The van der Waals surface area contributed by atoms with Crippen LogP contribution in [0.3, 0.4) is 0 Å². The summed E-state index contributed by atoms with van der Waals surface area (Å²) < 4.78 is 35.0. The molecule has 1 fully saturated rings. The summed E-state index contributed by atoms with van der Waals surface area (Å²) in [6.45, 7) is 3.53. The van der Waals surface area contributed by atoms with Crippen molar-refractivity contribution in [3.05, 3.63) is 47.2 Å². The number of ether oxygens (including phenoxy) is 1. The number of nitrogens with one attached hydrogen (secondary N) is 1. The summed E-state index contributed by atoms with van der Waals surface area (Å²) in [4.78, 5) is 24.7. The van der Waals surface area contributed by atoms with E-state index in [0.717, 1.165) is 26.0 Å². The van der Waals surface area contributed by atoms with Crippen LogP contribution in [0.5, 0.6) is 5.88 Å². The molecule has 1 saturated heterocycles. The Hall–Kier alpha value is -3.33. The molecule has 1 aromatic carbocycles. The molecule has 0 saturated carbocycles. The number of thiazole rings is 1. The summed E-state index contributed by atoms with van der Waals surface area (Å²) in [7, 11) is -2.80. The highest BCUT2D eigenvalue weighted by Gasteiger charge is 2.44. The molecule has 14 heteroatoms. The van der Waals surface area contributed by atoms with Crippen LogP contribution < -0.4 is 15.8 Å². The number of amides is 1. The maximum atomic E-state index is 12.3. The molecule has 4 N–H and O–H groups in total. The molecular weight excluding hydrogens is 508 g/mol. The summed E-state index contributed by atoms with van der Waals surface area (Å²) in [5, 5.41) is 15.0. The zero-order valence-corrected chi connectivity index (χ0v) is 21.5. The number of aliphatic hydroxyl groups is 1. The first-order valence-corrected chi connectivity index (χ1v) is 13.1. The fourth-order valence-electron chi connectivity index (χ4n) is 4.15. The molecule has 0 bridgehead atoms. The minimum Gasteiger partial charge on any atom is -0.481 e. The quantitative estimate of drug-likeness (QED) is 0.409. The van der Waals surface area contributed by atoms with E-state index in [-0.39, 0.29) is 19.4 Å². The van der Waals surface area contributed by atoms with E-state index in [9.17, 15) is 18.3 Å². The lowest BCUT2D eigenvalue weighted by Gasteiger charge is -2.39. The van der Waals surface area contributed by atoms with Crippen LogP contribution in [0.1, 0.15) is 30.3 Å². The Morgan fingerprint density at radius 3 is 2.81 bits per heavy atom. The molecule has 4 rings (SSSR count). The van der Waals surface area contributed by atoms with Crippen molar-refractivity contribution in [2.45, 2.75) is 38.3 Å². The van der Waals surface area contributed by atoms with Crippen molar-refractivity contribution >= 4 is 39.4 Å². The van der Waals surface area contributed by atoms with Gasteiger partial charge in [-0.2, -0.15) is 17.7 Å². The predicted octanol–water partition coefficient (Wildman–Crippen LogP) is 2.67. The molecule has 2 unspecified atom stereocenters. The van der Waals surface area contributed by atoms with Crippen molar-refractivity contribution in [2.24, 2.45) is 5.73 Å². The number of carbonyl (C=O) groups excluding carboxylic acids is 1. The number of nitrogens with two attached hydrogens (primary N) is 1. The van der Waals surface area contributed by atoms with Gasteiger partial charge in [0.2, 0.25) is 11.8 Å². The zero-order chi connectivity index (χ0) is 26.1. The van der Waals surface area contributed by atoms with Crippen molar-refractivity contribution in [1.29, 1.82) is 0 Å². The SMILES string of the molecule is COc1ccnc(Nc2cc(C)cc(-c3cnc(C4(O)CCN(S(=O)(=O)OC(N)=O)C(C)C4)s3)c2)n1. The van der Waals surface area contributed by atoms with Gasteiger partial charge in [0.15, 0.2) is 0 Å². The first-order valence-electron chi connectivity index (χ1n) is 10.9. The number of benzene rings is 1. The monoisotopic (exact) mass is 534 g/mol. The average molecular weight is 535 g/mol. The van der Waals surface area contributed by atoms with Gasteiger partial charge >= 0.3 is 16.4 Å². The van der Waals surface area contributed by atoms with Crippen LogP contribution in [0.25, 0.3) is 10.4 Å². The van der Waals surface area contributed by atoms with Crippen molar-refractivity contribution in [1.82, 2.24) is 19.3 Å². The Bertz CT molecular complexity index is 1380. The Morgan fingerprint density at radius 1 is 1.33 bits per heavy atom. The average Bonchev–Trinajstić information content (AvgIpc) is 3.29. The summed E-state index contributed by atoms with van der Waals surface area (Å²) >= 11 is 1.33. The van der Waals surface area contributed by atoms with Gasteiger partial charge in [0.25, 0.3) is 0 Å². The Labute approximate surface area is 212 Å². The Kier molecular flexibility index (Phi) is 7.13. The van der Waals surface area contributed by atoms with E-state index in [4.69, 9.17) is 10.5 Å². The maximum Gasteiger partial charge on any atom is 0.421 e. The molecule has 12 nitrogen and oxygen atoms in total. The number of methoxy groups -OCH3 is 1. The molecule has 1 amide bonds. The summed E-state index contributed by atoms with van der Waals surface area (Å²) in [5.41, 5.74) is 6.19. The number of piperidine rings is 1. The number of carbonyl (C=O) groups is 1. The molecule has 192 valence electrons. The number of hydrogen-bond acceptors (Lipinski definition) is 11. The molecule has 36 heavy (non-hydrogen) atoms. The van der Waals surface area contributed by atoms with Crippen LogP contribution >= 0.6 is 11.3 Å². The van der Waals surface area contributed by atoms with Gasteiger partial charge in [0.1, 0.15) is 10.6 Å². The van der Waals surface area contributed by atoms with Crippen LogP contribution in [0.2, 0.25) is 0 Å². The fourth-order valence-corrected chi connectivity index (χ4v) is 6.32. The standard InChI is InChI=1S/C22H26N6O6S2/c1-13-8-15(10-16(9-13)26-21-24-6-4-18(27-21)33-3)17-12-25-19(35-17)22(30)5-7-28(14(2)11-22)36(31,32)34-20(23)29/h4,6,8-10,12,14,30H,5,7,11H2,1-3H3,(H2,23,29)(H,24,26,27). The van der Waals surface area contributed by atoms with Crippen LogP contribution in [-0.4, -0.2) is 58.6 Å². The third-order valence-corrected chi connectivity index (χ3v) is 8.44. The highest BCUT2D eigenvalue weighted by Crippen LogP contribution is 2.41. The molecule has 1 aliphatic rings. The zero-order valence-electron chi connectivity index (χ0n) is 19.8. The van der Waals surface area contributed by atoms with Crippen LogP contribution in [-0.2, 0) is 20.1 Å². The molecule has 0 aliphatic carbocycles. The first kappa shape index (κ1) is 25.8. The normalized spacial score (nSPS) is 20.6. The van der Waals surface area contributed by atoms with Gasteiger partial charge in [0, 0.05) is 36.7 Å². The van der Waals surface area contributed by atoms with E-state index in [1.807, 2.05) is 25.1 Å². The minimum atomic E-state index is -4.34. The highest BCUT2D eigenvalue weighted by atomic mass is 32.2. The summed E-state index contributed by atoms with van der Waals surface area (Å²) in [6.07, 6.45) is 2.04. The van der Waals surface area contributed by atoms with Crippen LogP contribution in [0.15, 0.2) is 36.7 Å². The molecule has 2 aromatic heterocycles. The highest BCUT2D eigenvalue weighted by molar-refractivity contribution is 7.84. The number of nitrogens with zero attached hydrogens (tertiary/aromatic N) is 4. The Balaban J connectivity index is 1.54. The second-order valence-electron chi connectivity index (χ2n) is 8.47. The van der Waals surface area contributed by atoms with Crippen molar-refractivity contribution < 1.29 is 27.2 Å². The van der Waals surface area contributed by atoms with Gasteiger partial charge in [-0.15, -0.1) is 11.3 Å². The van der Waals surface area contributed by atoms with E-state index >= 15 is 0 Å². The van der Waals surface area contributed by atoms with Gasteiger partial charge in [-0.25, -0.2) is 14.8 Å². The summed E-state index contributed by atoms with van der Waals surface area (Å²) in [6, 6.07) is 6.89. The van der Waals surface area contributed by atoms with E-state index in [1.165, 1.54) is 18.4 Å². The molecule has 3 heterocycles. The lowest BCUT2D eigenvalue weighted by Crippen LogP contribution is -2.51. The van der Waals surface area contributed by atoms with Crippen molar-refractivity contribution in [3.63, 3.8) is 0 Å². The van der Waals surface area contributed by atoms with Gasteiger partial charge in [0.05, 0.1) is 12.0 Å². The lowest BCUT2D eigenvalue weighted by atomic mass is 9.89. The third-order valence-electron chi connectivity index (χ3n) is 5.71. The maximum absolute atomic E-state index is 12.3. The molecule has 1 aliphatic heterocycles. The lowest BCUT2D eigenvalue weighted by molar-refractivity contribution is -0.0287. The minimum absolute atomic E-state index is 0.0543. The topological polar surface area (TPSA) is 170 Å². The second kappa shape index (κ2) is 9.97. The number of aromatic nitrogens is 3. The molecular formula is C22H26N6O6S2. The largest absolute Gasteiger partial charge is 0.481 e. The fraction of sp³-hybridized carbons (Fsp3) is 0.364. The number of primary amides is 1. The number of anilines is 2. The number of hydrogen-bond donors (Lipinski definition) is 3. The predicted molar refractivity (Wildman–Crippen MR) is 133 cm³/mol. The first-order chi connectivity index (χ1) is 17.0. The Morgan fingerprint density at radius 2 is 2.11 bits per heavy atom. The molecule has 0 radical (unpaired) electrons. The number of rotatable bonds is 7. The van der Waals surface area contributed by atoms with Crippen LogP contribution in [0.4, 0.5) is 16.4 Å². The van der Waals surface area contributed by atoms with E-state index in [0.29, 0.717) is 16.8 Å². The van der Waals surface area contributed by atoms with Gasteiger partial charge in [-0.05, 0) is 49.9 Å². The number of aryl methyl sites for hydroxylation is 1. The summed E-state index contributed by atoms with van der Waals surface area (Å²) in [5.74, 6) is 0.830. The van der Waals surface area contributed by atoms with Crippen molar-refractivity contribution in [2.75, 3.05) is 19.0 Å². The molecule has 3 aromatic rings. The van der Waals surface area contributed by atoms with Crippen LogP contribution in [0, 0.1) is 6.92 Å².